The molecular weight excluding hydrogens is 224 g/mol. The van der Waals surface area contributed by atoms with Crippen molar-refractivity contribution >= 4 is 0 Å². The highest BCUT2D eigenvalue weighted by Crippen LogP contribution is 2.45. The van der Waals surface area contributed by atoms with E-state index in [2.05, 4.69) is 17.1 Å². The van der Waals surface area contributed by atoms with Crippen LogP contribution < -0.4 is 5.32 Å². The average Bonchev–Trinajstić information content (AvgIpc) is 2.84. The molecule has 3 heteroatoms. The van der Waals surface area contributed by atoms with Crippen molar-refractivity contribution in [3.05, 3.63) is 0 Å². The molecule has 4 bridgehead atoms. The summed E-state index contributed by atoms with van der Waals surface area (Å²) < 4.78 is 5.97. The number of piperidine rings is 2. The number of ether oxygens (including phenoxy) is 1. The molecule has 0 aromatic carbocycles. The summed E-state index contributed by atoms with van der Waals surface area (Å²) >= 11 is 0. The molecule has 4 heterocycles. The molecule has 4 aliphatic rings. The molecule has 0 radical (unpaired) electrons. The van der Waals surface area contributed by atoms with Gasteiger partial charge in [0.2, 0.25) is 0 Å². The molecule has 4 rings (SSSR count). The van der Waals surface area contributed by atoms with Crippen LogP contribution in [-0.4, -0.2) is 48.8 Å². The Morgan fingerprint density at radius 3 is 2.67 bits per heavy atom. The summed E-state index contributed by atoms with van der Waals surface area (Å²) in [6.07, 6.45) is 8.81. The number of hydrogen-bond donors (Lipinski definition) is 1. The SMILES string of the molecule is CC12COC(C1)C(CC13CCCN(CCC1)C3)N2. The quantitative estimate of drug-likeness (QED) is 0.808. The third-order valence-corrected chi connectivity index (χ3v) is 5.83. The van der Waals surface area contributed by atoms with Gasteiger partial charge in [-0.25, -0.2) is 0 Å². The van der Waals surface area contributed by atoms with Gasteiger partial charge in [-0.05, 0) is 64.0 Å². The molecule has 0 amide bonds. The lowest BCUT2D eigenvalue weighted by atomic mass is 9.69. The van der Waals surface area contributed by atoms with Gasteiger partial charge >= 0.3 is 0 Å². The molecule has 18 heavy (non-hydrogen) atoms. The highest BCUT2D eigenvalue weighted by Gasteiger charge is 2.51. The van der Waals surface area contributed by atoms with E-state index < -0.39 is 0 Å². The Balaban J connectivity index is 1.48. The highest BCUT2D eigenvalue weighted by molar-refractivity contribution is 5.08. The Labute approximate surface area is 110 Å². The predicted octanol–water partition coefficient (Wildman–Crippen LogP) is 1.77. The lowest BCUT2D eigenvalue weighted by molar-refractivity contribution is -0.0142. The van der Waals surface area contributed by atoms with E-state index >= 15 is 0 Å². The minimum absolute atomic E-state index is 0.287. The minimum atomic E-state index is 0.287. The van der Waals surface area contributed by atoms with E-state index in [9.17, 15) is 0 Å². The zero-order valence-electron chi connectivity index (χ0n) is 11.6. The smallest absolute Gasteiger partial charge is 0.0747 e. The number of morpholine rings is 1. The van der Waals surface area contributed by atoms with Crippen LogP contribution in [0, 0.1) is 5.41 Å². The summed E-state index contributed by atoms with van der Waals surface area (Å²) in [6, 6.07) is 0.627. The first-order valence-electron chi connectivity index (χ1n) is 7.78. The van der Waals surface area contributed by atoms with E-state index in [1.807, 2.05) is 0 Å². The molecule has 4 aliphatic heterocycles. The van der Waals surface area contributed by atoms with Crippen LogP contribution >= 0.6 is 0 Å². The van der Waals surface area contributed by atoms with E-state index in [1.165, 1.54) is 58.2 Å². The zero-order chi connectivity index (χ0) is 12.2. The maximum Gasteiger partial charge on any atom is 0.0747 e. The number of hydrogen-bond acceptors (Lipinski definition) is 3. The van der Waals surface area contributed by atoms with Crippen LogP contribution in [0.2, 0.25) is 0 Å². The van der Waals surface area contributed by atoms with Gasteiger partial charge in [0, 0.05) is 18.1 Å². The van der Waals surface area contributed by atoms with Crippen LogP contribution in [-0.2, 0) is 4.74 Å². The molecule has 1 N–H and O–H groups in total. The van der Waals surface area contributed by atoms with Crippen molar-refractivity contribution in [2.45, 2.75) is 63.1 Å². The van der Waals surface area contributed by atoms with Gasteiger partial charge in [0.15, 0.2) is 0 Å². The largest absolute Gasteiger partial charge is 0.375 e. The molecule has 3 nitrogen and oxygen atoms in total. The van der Waals surface area contributed by atoms with E-state index in [4.69, 9.17) is 4.74 Å². The van der Waals surface area contributed by atoms with Crippen LogP contribution in [0.3, 0.4) is 0 Å². The van der Waals surface area contributed by atoms with Gasteiger partial charge in [0.25, 0.3) is 0 Å². The molecule has 0 spiro atoms. The van der Waals surface area contributed by atoms with Crippen molar-refractivity contribution < 1.29 is 4.74 Å². The number of nitrogens with zero attached hydrogens (tertiary/aromatic N) is 1. The van der Waals surface area contributed by atoms with Crippen molar-refractivity contribution in [3.8, 4) is 0 Å². The zero-order valence-corrected chi connectivity index (χ0v) is 11.6. The first-order valence-corrected chi connectivity index (χ1v) is 7.78. The van der Waals surface area contributed by atoms with Crippen LogP contribution in [0.5, 0.6) is 0 Å². The topological polar surface area (TPSA) is 24.5 Å². The highest BCUT2D eigenvalue weighted by atomic mass is 16.5. The lowest BCUT2D eigenvalue weighted by Gasteiger charge is -2.49. The first kappa shape index (κ1) is 11.7. The van der Waals surface area contributed by atoms with Crippen LogP contribution in [0.15, 0.2) is 0 Å². The molecule has 0 saturated carbocycles. The molecule has 4 saturated heterocycles. The number of nitrogens with one attached hydrogen (secondary N) is 1. The normalized spacial score (nSPS) is 54.8. The summed E-state index contributed by atoms with van der Waals surface area (Å²) in [5.74, 6) is 0. The lowest BCUT2D eigenvalue weighted by Crippen LogP contribution is -2.54. The Kier molecular flexibility index (Phi) is 2.56. The monoisotopic (exact) mass is 250 g/mol. The molecule has 0 aromatic rings. The standard InChI is InChI=1S/C15H26N2O/c1-14-9-13(18-11-14)12(16-14)8-15-4-2-6-17(10-15)7-3-5-15/h12-13,16H,2-11H2,1H3. The predicted molar refractivity (Wildman–Crippen MR) is 71.6 cm³/mol. The Morgan fingerprint density at radius 2 is 2.06 bits per heavy atom. The summed E-state index contributed by atoms with van der Waals surface area (Å²) in [7, 11) is 0. The van der Waals surface area contributed by atoms with E-state index in [0.717, 1.165) is 6.61 Å². The second kappa shape index (κ2) is 3.94. The second-order valence-electron chi connectivity index (χ2n) is 7.55. The fourth-order valence-electron chi connectivity index (χ4n) is 5.05. The molecule has 102 valence electrons. The van der Waals surface area contributed by atoms with Gasteiger partial charge < -0.3 is 15.0 Å². The summed E-state index contributed by atoms with van der Waals surface area (Å²) in [6.45, 7) is 7.30. The third kappa shape index (κ3) is 1.83. The molecule has 0 aromatic heterocycles. The summed E-state index contributed by atoms with van der Waals surface area (Å²) in [5, 5.41) is 3.87. The number of rotatable bonds is 2. The first-order chi connectivity index (χ1) is 8.67. The summed E-state index contributed by atoms with van der Waals surface area (Å²) in [5.41, 5.74) is 0.896. The van der Waals surface area contributed by atoms with E-state index in [-0.39, 0.29) is 5.54 Å². The Morgan fingerprint density at radius 1 is 1.28 bits per heavy atom. The van der Waals surface area contributed by atoms with Crippen LogP contribution in [0.4, 0.5) is 0 Å². The van der Waals surface area contributed by atoms with E-state index in [0.29, 0.717) is 17.6 Å². The van der Waals surface area contributed by atoms with Gasteiger partial charge in [-0.2, -0.15) is 0 Å². The number of fused-ring (bicyclic) bond motifs is 4. The van der Waals surface area contributed by atoms with Gasteiger partial charge in [-0.1, -0.05) is 0 Å². The van der Waals surface area contributed by atoms with Gasteiger partial charge in [-0.3, -0.25) is 0 Å². The third-order valence-electron chi connectivity index (χ3n) is 5.83. The maximum absolute atomic E-state index is 5.97. The van der Waals surface area contributed by atoms with Crippen molar-refractivity contribution in [1.82, 2.24) is 10.2 Å². The molecule has 3 atom stereocenters. The molecular formula is C15H26N2O. The fourth-order valence-corrected chi connectivity index (χ4v) is 5.05. The average molecular weight is 250 g/mol. The second-order valence-corrected chi connectivity index (χ2v) is 7.55. The van der Waals surface area contributed by atoms with Crippen molar-refractivity contribution in [3.63, 3.8) is 0 Å². The van der Waals surface area contributed by atoms with Crippen LogP contribution in [0.1, 0.15) is 45.4 Å². The summed E-state index contributed by atoms with van der Waals surface area (Å²) in [4.78, 5) is 2.70. The maximum atomic E-state index is 5.97. The van der Waals surface area contributed by atoms with E-state index in [1.54, 1.807) is 0 Å². The van der Waals surface area contributed by atoms with Gasteiger partial charge in [0.1, 0.15) is 0 Å². The van der Waals surface area contributed by atoms with Crippen LogP contribution in [0.25, 0.3) is 0 Å². The van der Waals surface area contributed by atoms with Gasteiger partial charge in [0.05, 0.1) is 12.7 Å². The molecule has 0 aliphatic carbocycles. The minimum Gasteiger partial charge on any atom is -0.375 e. The van der Waals surface area contributed by atoms with Crippen molar-refractivity contribution in [2.24, 2.45) is 5.41 Å². The fraction of sp³-hybridized carbons (Fsp3) is 1.00. The molecule has 3 unspecified atom stereocenters. The Hall–Kier alpha value is -0.120. The Bertz CT molecular complexity index is 335. The van der Waals surface area contributed by atoms with Crippen molar-refractivity contribution in [1.29, 1.82) is 0 Å². The van der Waals surface area contributed by atoms with Gasteiger partial charge in [-0.15, -0.1) is 0 Å². The molecule has 4 fully saturated rings. The van der Waals surface area contributed by atoms with Crippen molar-refractivity contribution in [2.75, 3.05) is 26.2 Å².